The van der Waals surface area contributed by atoms with E-state index in [1.807, 2.05) is 6.07 Å². The third-order valence-corrected chi connectivity index (χ3v) is 7.96. The van der Waals surface area contributed by atoms with Crippen molar-refractivity contribution in [2.24, 2.45) is 0 Å². The third-order valence-electron chi connectivity index (χ3n) is 3.51. The molecule has 1 aromatic carbocycles. The number of hydrogen-bond donors (Lipinski definition) is 0. The van der Waals surface area contributed by atoms with Crippen LogP contribution in [0.4, 0.5) is 0 Å². The lowest BCUT2D eigenvalue weighted by Gasteiger charge is -2.24. The number of hydrogen-bond acceptors (Lipinski definition) is 3. The van der Waals surface area contributed by atoms with Crippen LogP contribution in [0.5, 0.6) is 0 Å². The van der Waals surface area contributed by atoms with Gasteiger partial charge in [-0.1, -0.05) is 59.1 Å². The standard InChI is InChI=1S/C14H17BrO3S/c15-14(10-6-2-5-9-13(14)16)19(17,18)11-12-7-3-1-4-8-12/h1,3-4,7-8H,2,5-6,9-11H2. The second-order valence-electron chi connectivity index (χ2n) is 4.96. The van der Waals surface area contributed by atoms with Crippen molar-refractivity contribution in [2.75, 3.05) is 0 Å². The van der Waals surface area contributed by atoms with E-state index in [4.69, 9.17) is 0 Å². The molecule has 1 aromatic rings. The minimum absolute atomic E-state index is 0.0924. The zero-order chi connectivity index (χ0) is 13.9. The fourth-order valence-electron chi connectivity index (χ4n) is 2.38. The second-order valence-corrected chi connectivity index (χ2v) is 9.05. The number of benzene rings is 1. The molecule has 0 heterocycles. The molecule has 3 nitrogen and oxygen atoms in total. The number of ketones is 1. The first-order valence-electron chi connectivity index (χ1n) is 6.44. The van der Waals surface area contributed by atoms with Crippen molar-refractivity contribution in [1.82, 2.24) is 0 Å². The summed E-state index contributed by atoms with van der Waals surface area (Å²) in [5.74, 6) is -0.286. The van der Waals surface area contributed by atoms with Gasteiger partial charge in [0.25, 0.3) is 0 Å². The average molecular weight is 345 g/mol. The Hall–Kier alpha value is -0.680. The monoisotopic (exact) mass is 344 g/mol. The average Bonchev–Trinajstić information content (AvgIpc) is 2.54. The van der Waals surface area contributed by atoms with Gasteiger partial charge in [-0.05, 0) is 18.4 Å². The Kier molecular flexibility index (Phi) is 4.46. The summed E-state index contributed by atoms with van der Waals surface area (Å²) in [6, 6.07) is 9.00. The van der Waals surface area contributed by atoms with Crippen molar-refractivity contribution in [2.45, 2.75) is 41.5 Å². The van der Waals surface area contributed by atoms with Crippen molar-refractivity contribution in [3.63, 3.8) is 0 Å². The molecule has 1 atom stereocenters. The van der Waals surface area contributed by atoms with Gasteiger partial charge in [-0.25, -0.2) is 8.42 Å². The molecule has 0 aromatic heterocycles. The van der Waals surface area contributed by atoms with Gasteiger partial charge in [-0.3, -0.25) is 4.79 Å². The Labute approximate surface area is 122 Å². The molecule has 104 valence electrons. The van der Waals surface area contributed by atoms with Gasteiger partial charge in [0, 0.05) is 6.42 Å². The van der Waals surface area contributed by atoms with E-state index in [0.29, 0.717) is 12.8 Å². The minimum atomic E-state index is -3.54. The molecule has 0 N–H and O–H groups in total. The van der Waals surface area contributed by atoms with Gasteiger partial charge in [0.1, 0.15) is 0 Å². The lowest BCUT2D eigenvalue weighted by atomic mass is 10.2. The summed E-state index contributed by atoms with van der Waals surface area (Å²) in [4.78, 5) is 12.1. The molecule has 0 aliphatic heterocycles. The lowest BCUT2D eigenvalue weighted by molar-refractivity contribution is -0.119. The molecule has 1 fully saturated rings. The zero-order valence-corrected chi connectivity index (χ0v) is 13.0. The molecule has 0 bridgehead atoms. The molecule has 1 unspecified atom stereocenters. The van der Waals surface area contributed by atoms with Crippen LogP contribution in [0, 0.1) is 0 Å². The SMILES string of the molecule is O=C1CCCCCC1(Br)S(=O)(=O)Cc1ccccc1. The highest BCUT2D eigenvalue weighted by atomic mass is 79.9. The molecule has 1 aliphatic rings. The smallest absolute Gasteiger partial charge is 0.185 e. The summed E-state index contributed by atoms with van der Waals surface area (Å²) in [7, 11) is -3.54. The van der Waals surface area contributed by atoms with E-state index in [-0.39, 0.29) is 11.5 Å². The van der Waals surface area contributed by atoms with E-state index >= 15 is 0 Å². The normalized spacial score (nSPS) is 25.0. The first kappa shape index (κ1) is 14.7. The maximum absolute atomic E-state index is 12.6. The van der Waals surface area contributed by atoms with Crippen molar-refractivity contribution >= 4 is 31.6 Å². The molecule has 0 amide bonds. The van der Waals surface area contributed by atoms with Crippen LogP contribution in [0.15, 0.2) is 30.3 Å². The fourth-order valence-corrected chi connectivity index (χ4v) is 4.96. The van der Waals surface area contributed by atoms with Gasteiger partial charge in [0.05, 0.1) is 5.75 Å². The molecule has 0 spiro atoms. The molecule has 19 heavy (non-hydrogen) atoms. The molecule has 5 heteroatoms. The quantitative estimate of drug-likeness (QED) is 0.624. The van der Waals surface area contributed by atoms with Gasteiger partial charge < -0.3 is 0 Å². The van der Waals surface area contributed by atoms with Crippen LogP contribution >= 0.6 is 15.9 Å². The Bertz CT molecular complexity index is 553. The van der Waals surface area contributed by atoms with Crippen LogP contribution in [0.2, 0.25) is 0 Å². The molecular formula is C14H17BrO3S. The van der Waals surface area contributed by atoms with E-state index in [1.54, 1.807) is 24.3 Å². The maximum atomic E-state index is 12.6. The first-order valence-corrected chi connectivity index (χ1v) is 8.89. The topological polar surface area (TPSA) is 51.2 Å². The summed E-state index contributed by atoms with van der Waals surface area (Å²) in [6.45, 7) is 0. The number of halogens is 1. The predicted octanol–water partition coefficient (Wildman–Crippen LogP) is 3.23. The Morgan fingerprint density at radius 3 is 2.47 bits per heavy atom. The number of alkyl halides is 1. The summed E-state index contributed by atoms with van der Waals surface area (Å²) in [6.07, 6.45) is 3.19. The molecule has 0 radical (unpaired) electrons. The van der Waals surface area contributed by atoms with Crippen molar-refractivity contribution in [3.05, 3.63) is 35.9 Å². The van der Waals surface area contributed by atoms with E-state index in [1.165, 1.54) is 0 Å². The van der Waals surface area contributed by atoms with E-state index in [0.717, 1.165) is 24.8 Å². The van der Waals surface area contributed by atoms with Gasteiger partial charge in [0.2, 0.25) is 0 Å². The minimum Gasteiger partial charge on any atom is -0.297 e. The van der Waals surface area contributed by atoms with Crippen LogP contribution in [-0.4, -0.2) is 17.9 Å². The lowest BCUT2D eigenvalue weighted by Crippen LogP contribution is -2.40. The molecule has 0 saturated heterocycles. The summed E-state index contributed by atoms with van der Waals surface area (Å²) in [5, 5.41) is 0. The molecule has 1 aliphatic carbocycles. The summed E-state index contributed by atoms with van der Waals surface area (Å²) in [5.41, 5.74) is 0.721. The molecule has 2 rings (SSSR count). The van der Waals surface area contributed by atoms with Crippen LogP contribution in [0.1, 0.15) is 37.7 Å². The third kappa shape index (κ3) is 3.08. The van der Waals surface area contributed by atoms with Crippen LogP contribution in [0.25, 0.3) is 0 Å². The van der Waals surface area contributed by atoms with Crippen molar-refractivity contribution < 1.29 is 13.2 Å². The van der Waals surface area contributed by atoms with Gasteiger partial charge in [-0.15, -0.1) is 0 Å². The Morgan fingerprint density at radius 1 is 1.11 bits per heavy atom. The molecule has 1 saturated carbocycles. The zero-order valence-electron chi connectivity index (χ0n) is 10.6. The molecular weight excluding hydrogens is 328 g/mol. The van der Waals surface area contributed by atoms with E-state index in [2.05, 4.69) is 15.9 Å². The highest BCUT2D eigenvalue weighted by Crippen LogP contribution is 2.38. The maximum Gasteiger partial charge on any atom is 0.185 e. The highest BCUT2D eigenvalue weighted by molar-refractivity contribution is 9.12. The van der Waals surface area contributed by atoms with E-state index in [9.17, 15) is 13.2 Å². The van der Waals surface area contributed by atoms with Gasteiger partial charge >= 0.3 is 0 Å². The number of sulfone groups is 1. The van der Waals surface area contributed by atoms with Crippen LogP contribution in [0.3, 0.4) is 0 Å². The Morgan fingerprint density at radius 2 is 1.79 bits per heavy atom. The van der Waals surface area contributed by atoms with Gasteiger partial charge in [-0.2, -0.15) is 0 Å². The summed E-state index contributed by atoms with van der Waals surface area (Å²) < 4.78 is 23.8. The summed E-state index contributed by atoms with van der Waals surface area (Å²) >= 11 is 3.25. The van der Waals surface area contributed by atoms with Crippen molar-refractivity contribution in [3.8, 4) is 0 Å². The van der Waals surface area contributed by atoms with Crippen LogP contribution in [-0.2, 0) is 20.4 Å². The number of Topliss-reactive ketones (excluding diaryl/α,β-unsaturated/α-hetero) is 1. The number of carbonyl (C=O) groups excluding carboxylic acids is 1. The Balaban J connectivity index is 2.29. The van der Waals surface area contributed by atoms with Gasteiger partial charge in [0.15, 0.2) is 19.3 Å². The van der Waals surface area contributed by atoms with Crippen molar-refractivity contribution in [1.29, 1.82) is 0 Å². The predicted molar refractivity (Wildman–Crippen MR) is 78.8 cm³/mol. The van der Waals surface area contributed by atoms with E-state index < -0.39 is 13.5 Å². The first-order chi connectivity index (χ1) is 8.96. The number of carbonyl (C=O) groups is 1. The highest BCUT2D eigenvalue weighted by Gasteiger charge is 2.47. The fraction of sp³-hybridized carbons (Fsp3) is 0.500. The number of rotatable bonds is 3. The van der Waals surface area contributed by atoms with Crippen LogP contribution < -0.4 is 0 Å². The second kappa shape index (κ2) is 5.75. The largest absolute Gasteiger partial charge is 0.297 e.